The van der Waals surface area contributed by atoms with E-state index in [1.54, 1.807) is 12.1 Å². The zero-order chi connectivity index (χ0) is 12.7. The molecule has 0 atom stereocenters. The summed E-state index contributed by atoms with van der Waals surface area (Å²) in [5, 5.41) is 3.27. The summed E-state index contributed by atoms with van der Waals surface area (Å²) < 4.78 is 4.82. The summed E-state index contributed by atoms with van der Waals surface area (Å²) in [5.41, 5.74) is 1.50. The van der Waals surface area contributed by atoms with E-state index in [2.05, 4.69) is 25.1 Å². The van der Waals surface area contributed by atoms with E-state index in [0.29, 0.717) is 11.5 Å². The first-order chi connectivity index (χ1) is 8.13. The van der Waals surface area contributed by atoms with Crippen LogP contribution in [0.2, 0.25) is 0 Å². The lowest BCUT2D eigenvalue weighted by Crippen LogP contribution is -2.08. The number of hydrogen-bond acceptors (Lipinski definition) is 3. The summed E-state index contributed by atoms with van der Waals surface area (Å²) in [6, 6.07) is 7.16. The molecule has 0 fully saturated rings. The fourth-order valence-corrected chi connectivity index (χ4v) is 1.24. The van der Waals surface area contributed by atoms with Crippen molar-refractivity contribution in [2.45, 2.75) is 13.8 Å². The van der Waals surface area contributed by atoms with Crippen LogP contribution in [-0.4, -0.2) is 19.1 Å². The van der Waals surface area contributed by atoms with Gasteiger partial charge >= 0.3 is 5.97 Å². The van der Waals surface area contributed by atoms with Crippen molar-refractivity contribution in [1.82, 2.24) is 0 Å². The van der Waals surface area contributed by atoms with Crippen LogP contribution in [0.5, 0.6) is 0 Å². The van der Waals surface area contributed by atoms with E-state index < -0.39 is 5.97 Å². The average molecular weight is 231 g/mol. The van der Waals surface area contributed by atoms with Crippen molar-refractivity contribution in [3.05, 3.63) is 29.8 Å². The lowest BCUT2D eigenvalue weighted by Gasteiger charge is -2.09. The molecular weight excluding hydrogens is 214 g/mol. The Kier molecular flexibility index (Phi) is 5.09. The van der Waals surface area contributed by atoms with Gasteiger partial charge in [-0.3, -0.25) is 0 Å². The normalized spacial score (nSPS) is 9.76. The monoisotopic (exact) mass is 231 g/mol. The molecule has 1 rings (SSSR count). The molecule has 3 nitrogen and oxygen atoms in total. The Morgan fingerprint density at radius 1 is 1.41 bits per heavy atom. The van der Waals surface area contributed by atoms with Crippen molar-refractivity contribution in [1.29, 1.82) is 0 Å². The van der Waals surface area contributed by atoms with Gasteiger partial charge in [0.15, 0.2) is 6.61 Å². The van der Waals surface area contributed by atoms with Crippen LogP contribution in [0, 0.1) is 18.3 Å². The quantitative estimate of drug-likeness (QED) is 0.625. The predicted octanol–water partition coefficient (Wildman–Crippen LogP) is 2.54. The van der Waals surface area contributed by atoms with E-state index in [9.17, 15) is 4.79 Å². The van der Waals surface area contributed by atoms with Crippen LogP contribution in [0.1, 0.15) is 24.2 Å². The minimum atomic E-state index is -0.390. The summed E-state index contributed by atoms with van der Waals surface area (Å²) in [6.07, 6.45) is 5.01. The van der Waals surface area contributed by atoms with E-state index in [1.165, 1.54) is 0 Å². The van der Waals surface area contributed by atoms with Crippen LogP contribution in [-0.2, 0) is 4.74 Å². The van der Waals surface area contributed by atoms with Crippen LogP contribution < -0.4 is 5.32 Å². The van der Waals surface area contributed by atoms with Gasteiger partial charge in [-0.1, -0.05) is 19.8 Å². The summed E-state index contributed by atoms with van der Waals surface area (Å²) >= 11 is 0. The number of ether oxygens (including phenoxy) is 1. The van der Waals surface area contributed by atoms with Crippen molar-refractivity contribution in [3.8, 4) is 12.3 Å². The first-order valence-electron chi connectivity index (χ1n) is 5.58. The first kappa shape index (κ1) is 13.1. The fraction of sp³-hybridized carbons (Fsp3) is 0.357. The van der Waals surface area contributed by atoms with Gasteiger partial charge in [-0.05, 0) is 30.2 Å². The third-order valence-electron chi connectivity index (χ3n) is 2.12. The van der Waals surface area contributed by atoms with E-state index in [0.717, 1.165) is 12.2 Å². The molecule has 3 heteroatoms. The van der Waals surface area contributed by atoms with Crippen LogP contribution in [0.4, 0.5) is 5.69 Å². The number of carbonyl (C=O) groups is 1. The maximum atomic E-state index is 11.4. The topological polar surface area (TPSA) is 38.3 Å². The predicted molar refractivity (Wildman–Crippen MR) is 68.9 cm³/mol. The van der Waals surface area contributed by atoms with Crippen molar-refractivity contribution < 1.29 is 9.53 Å². The highest BCUT2D eigenvalue weighted by Gasteiger charge is 2.05. The van der Waals surface area contributed by atoms with Gasteiger partial charge in [-0.15, -0.1) is 6.42 Å². The molecule has 1 aromatic rings. The lowest BCUT2D eigenvalue weighted by molar-refractivity contribution is 0.0557. The molecule has 0 unspecified atom stereocenters. The highest BCUT2D eigenvalue weighted by Crippen LogP contribution is 2.11. The molecule has 0 radical (unpaired) electrons. The summed E-state index contributed by atoms with van der Waals surface area (Å²) in [7, 11) is 0. The number of benzene rings is 1. The van der Waals surface area contributed by atoms with Crippen molar-refractivity contribution in [2.75, 3.05) is 18.5 Å². The van der Waals surface area contributed by atoms with Crippen molar-refractivity contribution in [2.24, 2.45) is 5.92 Å². The molecule has 0 aliphatic rings. The molecule has 0 aliphatic heterocycles. The van der Waals surface area contributed by atoms with Crippen LogP contribution >= 0.6 is 0 Å². The van der Waals surface area contributed by atoms with Crippen LogP contribution in [0.15, 0.2) is 24.3 Å². The third-order valence-corrected chi connectivity index (χ3v) is 2.12. The SMILES string of the molecule is C#CCOC(=O)c1ccc(NCC(C)C)cc1. The summed E-state index contributed by atoms with van der Waals surface area (Å²) in [4.78, 5) is 11.4. The number of hydrogen-bond donors (Lipinski definition) is 1. The Bertz CT molecular complexity index is 401. The van der Waals surface area contributed by atoms with Crippen molar-refractivity contribution >= 4 is 11.7 Å². The van der Waals surface area contributed by atoms with E-state index in [-0.39, 0.29) is 6.61 Å². The number of nitrogens with one attached hydrogen (secondary N) is 1. The largest absolute Gasteiger partial charge is 0.449 e. The number of carbonyl (C=O) groups excluding carboxylic acids is 1. The van der Waals surface area contributed by atoms with Gasteiger partial charge in [0.05, 0.1) is 5.56 Å². The Labute approximate surface area is 102 Å². The molecule has 90 valence electrons. The van der Waals surface area contributed by atoms with E-state index in [1.807, 2.05) is 12.1 Å². The molecule has 0 aliphatic carbocycles. The molecule has 0 spiro atoms. The standard InChI is InChI=1S/C14H17NO2/c1-4-9-17-14(16)12-5-7-13(8-6-12)15-10-11(2)3/h1,5-8,11,15H,9-10H2,2-3H3. The van der Waals surface area contributed by atoms with E-state index >= 15 is 0 Å². The van der Waals surface area contributed by atoms with Crippen LogP contribution in [0.3, 0.4) is 0 Å². The molecule has 0 saturated carbocycles. The van der Waals surface area contributed by atoms with E-state index in [4.69, 9.17) is 11.2 Å². The molecule has 0 bridgehead atoms. The lowest BCUT2D eigenvalue weighted by atomic mass is 10.2. The maximum absolute atomic E-state index is 11.4. The molecule has 0 amide bonds. The van der Waals surface area contributed by atoms with Gasteiger partial charge in [0.1, 0.15) is 0 Å². The first-order valence-corrected chi connectivity index (χ1v) is 5.58. The molecular formula is C14H17NO2. The smallest absolute Gasteiger partial charge is 0.339 e. The zero-order valence-electron chi connectivity index (χ0n) is 10.2. The second kappa shape index (κ2) is 6.59. The van der Waals surface area contributed by atoms with Gasteiger partial charge in [0, 0.05) is 12.2 Å². The Hall–Kier alpha value is -1.95. The Morgan fingerprint density at radius 3 is 2.59 bits per heavy atom. The Morgan fingerprint density at radius 2 is 2.06 bits per heavy atom. The second-order valence-corrected chi connectivity index (χ2v) is 4.13. The molecule has 0 saturated heterocycles. The van der Waals surface area contributed by atoms with Crippen LogP contribution in [0.25, 0.3) is 0 Å². The molecule has 17 heavy (non-hydrogen) atoms. The minimum absolute atomic E-state index is 0.00614. The second-order valence-electron chi connectivity index (χ2n) is 4.13. The Balaban J connectivity index is 2.55. The molecule has 1 N–H and O–H groups in total. The highest BCUT2D eigenvalue weighted by molar-refractivity contribution is 5.89. The fourth-order valence-electron chi connectivity index (χ4n) is 1.24. The van der Waals surface area contributed by atoms with Gasteiger partial charge in [0.2, 0.25) is 0 Å². The minimum Gasteiger partial charge on any atom is -0.449 e. The van der Waals surface area contributed by atoms with Gasteiger partial charge in [0.25, 0.3) is 0 Å². The van der Waals surface area contributed by atoms with Crippen molar-refractivity contribution in [3.63, 3.8) is 0 Å². The number of terminal acetylenes is 1. The van der Waals surface area contributed by atoms with Gasteiger partial charge < -0.3 is 10.1 Å². The third kappa shape index (κ3) is 4.60. The molecule has 0 heterocycles. The zero-order valence-corrected chi connectivity index (χ0v) is 10.2. The maximum Gasteiger partial charge on any atom is 0.339 e. The summed E-state index contributed by atoms with van der Waals surface area (Å²) in [6.45, 7) is 5.18. The molecule has 1 aromatic carbocycles. The number of anilines is 1. The van der Waals surface area contributed by atoms with Gasteiger partial charge in [-0.25, -0.2) is 4.79 Å². The summed E-state index contributed by atoms with van der Waals surface area (Å²) in [5.74, 6) is 2.45. The molecule has 0 aromatic heterocycles. The van der Waals surface area contributed by atoms with Gasteiger partial charge in [-0.2, -0.15) is 0 Å². The highest BCUT2D eigenvalue weighted by atomic mass is 16.5. The number of rotatable bonds is 5. The average Bonchev–Trinajstić information content (AvgIpc) is 2.34. The number of esters is 1.